The van der Waals surface area contributed by atoms with E-state index < -0.39 is 0 Å². The Morgan fingerprint density at radius 3 is 2.89 bits per heavy atom. The van der Waals surface area contributed by atoms with Crippen LogP contribution in [0.25, 0.3) is 0 Å². The van der Waals surface area contributed by atoms with E-state index in [0.29, 0.717) is 12.5 Å². The highest BCUT2D eigenvalue weighted by Gasteiger charge is 2.22. The Balaban J connectivity index is 1.83. The molecule has 1 aromatic carbocycles. The largest absolute Gasteiger partial charge is 0.376 e. The van der Waals surface area contributed by atoms with Crippen LogP contribution in [0.4, 0.5) is 0 Å². The summed E-state index contributed by atoms with van der Waals surface area (Å²) in [7, 11) is 0. The van der Waals surface area contributed by atoms with Crippen molar-refractivity contribution in [3.63, 3.8) is 0 Å². The summed E-state index contributed by atoms with van der Waals surface area (Å²) in [6.45, 7) is 3.47. The number of nitrogens with one attached hydrogen (secondary N) is 1. The van der Waals surface area contributed by atoms with Crippen molar-refractivity contribution in [2.24, 2.45) is 10.7 Å². The van der Waals surface area contributed by atoms with Crippen molar-refractivity contribution >= 4 is 17.6 Å². The molecule has 2 atom stereocenters. The minimum Gasteiger partial charge on any atom is -0.376 e. The molecule has 0 unspecified atom stereocenters. The molecule has 1 aromatic rings. The Morgan fingerprint density at radius 2 is 2.26 bits per heavy atom. The number of nitrogens with two attached hydrogens (primary N) is 1. The maximum absolute atomic E-state index is 5.88. The Hall–Kier alpha value is -1.26. The van der Waals surface area contributed by atoms with Gasteiger partial charge in [0.2, 0.25) is 0 Å². The number of benzene rings is 1. The Labute approximate surface area is 119 Å². The van der Waals surface area contributed by atoms with E-state index in [1.807, 2.05) is 24.3 Å². The lowest BCUT2D eigenvalue weighted by Crippen LogP contribution is -2.44. The fraction of sp³-hybridized carbons (Fsp3) is 0.500. The van der Waals surface area contributed by atoms with Gasteiger partial charge >= 0.3 is 0 Å². The zero-order chi connectivity index (χ0) is 13.7. The highest BCUT2D eigenvalue weighted by molar-refractivity contribution is 6.30. The number of ether oxygens (including phenoxy) is 1. The molecule has 19 heavy (non-hydrogen) atoms. The molecule has 0 aliphatic carbocycles. The minimum atomic E-state index is 0.191. The molecule has 0 bridgehead atoms. The average Bonchev–Trinajstić information content (AvgIpc) is 2.92. The Kier molecular flexibility index (Phi) is 5.05. The summed E-state index contributed by atoms with van der Waals surface area (Å²) in [5, 5.41) is 3.91. The first-order valence-electron chi connectivity index (χ1n) is 6.57. The van der Waals surface area contributed by atoms with Crippen molar-refractivity contribution in [1.29, 1.82) is 0 Å². The van der Waals surface area contributed by atoms with Crippen LogP contribution in [0.15, 0.2) is 29.3 Å². The minimum absolute atomic E-state index is 0.191. The number of halogens is 1. The van der Waals surface area contributed by atoms with Crippen LogP contribution in [0, 0.1) is 0 Å². The second-order valence-electron chi connectivity index (χ2n) is 4.81. The molecule has 0 spiro atoms. The van der Waals surface area contributed by atoms with Gasteiger partial charge in [0.25, 0.3) is 0 Å². The third-order valence-corrected chi connectivity index (χ3v) is 3.50. The maximum Gasteiger partial charge on any atom is 0.189 e. The van der Waals surface area contributed by atoms with Crippen molar-refractivity contribution in [2.45, 2.75) is 38.5 Å². The molecule has 0 saturated carbocycles. The molecule has 104 valence electrons. The zero-order valence-electron chi connectivity index (χ0n) is 11.1. The second kappa shape index (κ2) is 6.78. The van der Waals surface area contributed by atoms with Crippen molar-refractivity contribution in [1.82, 2.24) is 5.32 Å². The van der Waals surface area contributed by atoms with Gasteiger partial charge < -0.3 is 15.8 Å². The topological polar surface area (TPSA) is 59.6 Å². The number of hydrogen-bond donors (Lipinski definition) is 2. The molecule has 2 rings (SSSR count). The second-order valence-corrected chi connectivity index (χ2v) is 5.25. The highest BCUT2D eigenvalue weighted by Crippen LogP contribution is 2.15. The van der Waals surface area contributed by atoms with Crippen LogP contribution in [0.2, 0.25) is 5.02 Å². The van der Waals surface area contributed by atoms with Gasteiger partial charge in [0.05, 0.1) is 18.7 Å². The predicted octanol–water partition coefficient (Wildman–Crippen LogP) is 2.31. The molecule has 5 heteroatoms. The molecular weight excluding hydrogens is 262 g/mol. The first-order chi connectivity index (χ1) is 9.15. The highest BCUT2D eigenvalue weighted by atomic mass is 35.5. The van der Waals surface area contributed by atoms with E-state index in [1.54, 1.807) is 0 Å². The van der Waals surface area contributed by atoms with E-state index in [2.05, 4.69) is 17.2 Å². The molecule has 0 aromatic heterocycles. The molecule has 1 heterocycles. The molecular formula is C14H20ClN3O. The van der Waals surface area contributed by atoms with Gasteiger partial charge in [-0.2, -0.15) is 0 Å². The summed E-state index contributed by atoms with van der Waals surface area (Å²) in [5.41, 5.74) is 6.96. The van der Waals surface area contributed by atoms with E-state index in [-0.39, 0.29) is 12.1 Å². The van der Waals surface area contributed by atoms with Crippen molar-refractivity contribution in [2.75, 3.05) is 6.61 Å². The summed E-state index contributed by atoms with van der Waals surface area (Å²) in [5.74, 6) is 0.456. The summed E-state index contributed by atoms with van der Waals surface area (Å²) in [6, 6.07) is 7.79. The third-order valence-electron chi connectivity index (χ3n) is 3.24. The van der Waals surface area contributed by atoms with Gasteiger partial charge in [0.1, 0.15) is 0 Å². The lowest BCUT2D eigenvalue weighted by Gasteiger charge is -2.20. The lowest BCUT2D eigenvalue weighted by atomic mass is 10.1. The number of aliphatic imine (C=N–C) groups is 1. The number of nitrogens with zero attached hydrogens (tertiary/aromatic N) is 1. The lowest BCUT2D eigenvalue weighted by molar-refractivity contribution is 0.0892. The molecule has 1 aliphatic heterocycles. The predicted molar refractivity (Wildman–Crippen MR) is 78.4 cm³/mol. The van der Waals surface area contributed by atoms with Crippen LogP contribution in [-0.4, -0.2) is 24.7 Å². The molecule has 1 aliphatic rings. The summed E-state index contributed by atoms with van der Waals surface area (Å²) in [4.78, 5) is 4.32. The fourth-order valence-corrected chi connectivity index (χ4v) is 2.26. The standard InChI is InChI=1S/C14H20ClN3O/c1-10(13-3-2-8-19-13)18-14(16)17-9-11-4-6-12(15)7-5-11/h4-7,10,13H,2-3,8-9H2,1H3,(H3,16,17,18)/t10-,13-/m0/s1. The number of guanidine groups is 1. The van der Waals surface area contributed by atoms with Crippen LogP contribution in [0.5, 0.6) is 0 Å². The van der Waals surface area contributed by atoms with Crippen molar-refractivity contribution < 1.29 is 4.74 Å². The van der Waals surface area contributed by atoms with Crippen LogP contribution in [0.1, 0.15) is 25.3 Å². The van der Waals surface area contributed by atoms with Crippen LogP contribution >= 0.6 is 11.6 Å². The first kappa shape index (κ1) is 14.2. The Bertz CT molecular complexity index is 427. The van der Waals surface area contributed by atoms with Crippen molar-refractivity contribution in [3.8, 4) is 0 Å². The molecule has 0 amide bonds. The van der Waals surface area contributed by atoms with Gasteiger partial charge in [-0.05, 0) is 37.5 Å². The summed E-state index contributed by atoms with van der Waals surface area (Å²) < 4.78 is 5.60. The first-order valence-corrected chi connectivity index (χ1v) is 6.95. The monoisotopic (exact) mass is 281 g/mol. The summed E-state index contributed by atoms with van der Waals surface area (Å²) in [6.07, 6.45) is 2.45. The quantitative estimate of drug-likeness (QED) is 0.658. The molecule has 3 N–H and O–H groups in total. The smallest absolute Gasteiger partial charge is 0.189 e. The molecule has 0 radical (unpaired) electrons. The van der Waals surface area contributed by atoms with Gasteiger partial charge in [-0.15, -0.1) is 0 Å². The fourth-order valence-electron chi connectivity index (χ4n) is 2.14. The Morgan fingerprint density at radius 1 is 1.53 bits per heavy atom. The van der Waals surface area contributed by atoms with E-state index in [1.165, 1.54) is 0 Å². The maximum atomic E-state index is 5.88. The van der Waals surface area contributed by atoms with Gasteiger partial charge in [-0.3, -0.25) is 0 Å². The van der Waals surface area contributed by atoms with E-state index in [0.717, 1.165) is 30.0 Å². The number of rotatable bonds is 4. The zero-order valence-corrected chi connectivity index (χ0v) is 11.9. The molecule has 1 fully saturated rings. The van der Waals surface area contributed by atoms with E-state index >= 15 is 0 Å². The van der Waals surface area contributed by atoms with Crippen LogP contribution in [0.3, 0.4) is 0 Å². The van der Waals surface area contributed by atoms with Gasteiger partial charge in [0, 0.05) is 11.6 Å². The van der Waals surface area contributed by atoms with Crippen molar-refractivity contribution in [3.05, 3.63) is 34.9 Å². The third kappa shape index (κ3) is 4.40. The SMILES string of the molecule is C[C@H](NC(N)=NCc1ccc(Cl)cc1)[C@@H]1CCCO1. The van der Waals surface area contributed by atoms with Gasteiger partial charge in [-0.25, -0.2) is 4.99 Å². The summed E-state index contributed by atoms with van der Waals surface area (Å²) >= 11 is 5.83. The van der Waals surface area contributed by atoms with Crippen LogP contribution in [-0.2, 0) is 11.3 Å². The molecule has 1 saturated heterocycles. The normalized spacial score (nSPS) is 21.4. The van der Waals surface area contributed by atoms with Crippen LogP contribution < -0.4 is 11.1 Å². The van der Waals surface area contributed by atoms with Gasteiger partial charge in [-0.1, -0.05) is 23.7 Å². The van der Waals surface area contributed by atoms with E-state index in [4.69, 9.17) is 22.1 Å². The van der Waals surface area contributed by atoms with E-state index in [9.17, 15) is 0 Å². The average molecular weight is 282 g/mol. The molecule has 4 nitrogen and oxygen atoms in total. The van der Waals surface area contributed by atoms with Gasteiger partial charge in [0.15, 0.2) is 5.96 Å². The number of hydrogen-bond acceptors (Lipinski definition) is 2.